The first-order chi connectivity index (χ1) is 14.0. The van der Waals surface area contributed by atoms with E-state index in [9.17, 15) is 9.59 Å². The van der Waals surface area contributed by atoms with Crippen molar-refractivity contribution in [3.05, 3.63) is 77.5 Å². The van der Waals surface area contributed by atoms with Gasteiger partial charge in [0.05, 0.1) is 17.1 Å². The summed E-state index contributed by atoms with van der Waals surface area (Å²) in [5.41, 5.74) is 12.1. The Hall–Kier alpha value is -3.67. The maximum atomic E-state index is 12.5. The van der Waals surface area contributed by atoms with Crippen molar-refractivity contribution in [2.45, 2.75) is 19.9 Å². The number of benzene rings is 2. The van der Waals surface area contributed by atoms with E-state index in [1.165, 1.54) is 29.3 Å². The Morgan fingerprint density at radius 2 is 1.86 bits per heavy atom. The highest BCUT2D eigenvalue weighted by atomic mass is 16.2. The molecule has 0 fully saturated rings. The molecule has 3 aliphatic rings. The fraction of sp³-hybridized carbons (Fsp3) is 0.174. The largest absolute Gasteiger partial charge is 0.396 e. The van der Waals surface area contributed by atoms with Gasteiger partial charge in [0.1, 0.15) is 0 Å². The molecule has 6 heteroatoms. The lowest BCUT2D eigenvalue weighted by atomic mass is 10.0. The minimum absolute atomic E-state index is 0.120. The Morgan fingerprint density at radius 3 is 2.48 bits per heavy atom. The van der Waals surface area contributed by atoms with Gasteiger partial charge in [-0.15, -0.1) is 0 Å². The van der Waals surface area contributed by atoms with E-state index in [-0.39, 0.29) is 11.8 Å². The lowest BCUT2D eigenvalue weighted by Crippen LogP contribution is -2.39. The van der Waals surface area contributed by atoms with Gasteiger partial charge in [0.2, 0.25) is 0 Å². The van der Waals surface area contributed by atoms with Crippen LogP contribution >= 0.6 is 0 Å². The smallest absolute Gasteiger partial charge is 0.322 e. The monoisotopic (exact) mass is 386 g/mol. The quantitative estimate of drug-likeness (QED) is 0.401. The number of aromatic nitrogens is 1. The second-order valence-electron chi connectivity index (χ2n) is 7.12. The van der Waals surface area contributed by atoms with E-state index in [1.54, 1.807) is 23.1 Å². The average molecular weight is 386 g/mol. The van der Waals surface area contributed by atoms with Gasteiger partial charge >= 0.3 is 6.03 Å². The maximum absolute atomic E-state index is 12.5. The number of hydrogen-bond donors (Lipinski definition) is 2. The molecule has 0 saturated heterocycles. The van der Waals surface area contributed by atoms with E-state index in [2.05, 4.69) is 22.4 Å². The number of amides is 2. The number of carbonyl (C=O) groups is 2. The summed E-state index contributed by atoms with van der Waals surface area (Å²) in [7, 11) is 0. The van der Waals surface area contributed by atoms with Crippen molar-refractivity contribution in [1.29, 1.82) is 0 Å². The van der Waals surface area contributed by atoms with E-state index in [1.807, 2.05) is 30.5 Å². The van der Waals surface area contributed by atoms with Crippen LogP contribution in [-0.4, -0.2) is 28.2 Å². The number of hydrogen-bond acceptors (Lipinski definition) is 4. The highest BCUT2D eigenvalue weighted by Crippen LogP contribution is 2.29. The number of carbonyl (C=O) groups excluding carboxylic acids is 2. The predicted octanol–water partition coefficient (Wildman–Crippen LogP) is 4.12. The van der Waals surface area contributed by atoms with Crippen molar-refractivity contribution in [3.63, 3.8) is 0 Å². The number of nitrogens with one attached hydrogen (secondary N) is 1. The van der Waals surface area contributed by atoms with Gasteiger partial charge < -0.3 is 16.0 Å². The lowest BCUT2D eigenvalue weighted by molar-refractivity contribution is 0.101. The number of rotatable bonds is 2. The minimum atomic E-state index is -0.202. The van der Waals surface area contributed by atoms with Crippen molar-refractivity contribution in [2.24, 2.45) is 0 Å². The van der Waals surface area contributed by atoms with Crippen LogP contribution in [0.3, 0.4) is 0 Å². The zero-order chi connectivity index (χ0) is 20.4. The molecule has 1 aliphatic carbocycles. The van der Waals surface area contributed by atoms with Gasteiger partial charge in [0.15, 0.2) is 5.78 Å². The molecule has 0 aromatic heterocycles. The Labute approximate surface area is 169 Å². The second-order valence-corrected chi connectivity index (χ2v) is 7.12. The number of para-hydroxylation sites is 1. The molecule has 6 nitrogen and oxygen atoms in total. The van der Waals surface area contributed by atoms with Crippen LogP contribution in [0.1, 0.15) is 28.4 Å². The number of Topliss-reactive ketones (excluding diaryl/α,β-unsaturated/α-hetero) is 1. The van der Waals surface area contributed by atoms with Crippen LogP contribution in [0.5, 0.6) is 0 Å². The summed E-state index contributed by atoms with van der Waals surface area (Å²) in [6.45, 7) is 2.70. The van der Waals surface area contributed by atoms with Crippen LogP contribution in [-0.2, 0) is 13.0 Å². The van der Waals surface area contributed by atoms with Gasteiger partial charge in [-0.1, -0.05) is 30.3 Å². The summed E-state index contributed by atoms with van der Waals surface area (Å²) in [4.78, 5) is 29.7. The molecule has 5 rings (SSSR count). The van der Waals surface area contributed by atoms with Gasteiger partial charge in [-0.3, -0.25) is 9.78 Å². The highest BCUT2D eigenvalue weighted by molar-refractivity contribution is 6.04. The molecule has 2 aromatic rings. The van der Waals surface area contributed by atoms with E-state index in [0.29, 0.717) is 30.0 Å². The zero-order valence-electron chi connectivity index (χ0n) is 16.2. The predicted molar refractivity (Wildman–Crippen MR) is 114 cm³/mol. The topological polar surface area (TPSA) is 88.3 Å². The SMILES string of the molecule is CC(=O)c1cccc(NC(=O)N2CCc3ccccc3C2)c1N.c1cc2cc-2n1. The van der Waals surface area contributed by atoms with Crippen LogP contribution in [0, 0.1) is 0 Å². The molecule has 0 bridgehead atoms. The summed E-state index contributed by atoms with van der Waals surface area (Å²) in [5.74, 6) is -0.120. The van der Waals surface area contributed by atoms with E-state index >= 15 is 0 Å². The number of urea groups is 1. The molecule has 0 atom stereocenters. The number of ketones is 1. The number of nitrogen functional groups attached to an aromatic ring is 1. The first-order valence-electron chi connectivity index (χ1n) is 9.51. The molecule has 0 spiro atoms. The average Bonchev–Trinajstić information content (AvgIpc) is 3.33. The molecule has 3 N–H and O–H groups in total. The molecule has 2 amide bonds. The van der Waals surface area contributed by atoms with Crippen LogP contribution < -0.4 is 11.1 Å². The lowest BCUT2D eigenvalue weighted by Gasteiger charge is -2.29. The van der Waals surface area contributed by atoms with Crippen molar-refractivity contribution < 1.29 is 9.59 Å². The summed E-state index contributed by atoms with van der Waals surface area (Å²) in [6, 6.07) is 17.1. The number of fused-ring (bicyclic) bond motifs is 2. The van der Waals surface area contributed by atoms with E-state index in [0.717, 1.165) is 6.42 Å². The molecule has 2 heterocycles. The number of anilines is 2. The van der Waals surface area contributed by atoms with Crippen LogP contribution in [0.25, 0.3) is 11.3 Å². The first kappa shape index (κ1) is 18.7. The third-order valence-corrected chi connectivity index (χ3v) is 5.12. The summed E-state index contributed by atoms with van der Waals surface area (Å²) in [5, 5.41) is 2.82. The Bertz CT molecular complexity index is 1080. The normalized spacial score (nSPS) is 12.9. The van der Waals surface area contributed by atoms with Crippen LogP contribution in [0.2, 0.25) is 0 Å². The number of nitrogens with two attached hydrogens (primary N) is 1. The molecule has 146 valence electrons. The third-order valence-electron chi connectivity index (χ3n) is 5.12. The standard InChI is InChI=1S/C18H19N3O2.C5H3N/c1-12(22)15-7-4-8-16(17(15)19)20-18(23)21-10-9-13-5-2-3-6-14(13)11-21;1-2-6-5-3-4(1)5/h2-8H,9-11,19H2,1H3,(H,20,23);1-3H. The fourth-order valence-corrected chi connectivity index (χ4v) is 3.40. The summed E-state index contributed by atoms with van der Waals surface area (Å²) < 4.78 is 0. The van der Waals surface area contributed by atoms with E-state index in [4.69, 9.17) is 5.73 Å². The molecule has 29 heavy (non-hydrogen) atoms. The Morgan fingerprint density at radius 1 is 1.07 bits per heavy atom. The van der Waals surface area contributed by atoms with Crippen LogP contribution in [0.4, 0.5) is 16.2 Å². The minimum Gasteiger partial charge on any atom is -0.396 e. The highest BCUT2D eigenvalue weighted by Gasteiger charge is 2.21. The molecule has 2 aliphatic heterocycles. The molecular formula is C23H22N4O2. The summed E-state index contributed by atoms with van der Waals surface area (Å²) in [6.07, 6.45) is 2.66. The van der Waals surface area contributed by atoms with Gasteiger partial charge in [-0.25, -0.2) is 4.79 Å². The zero-order valence-corrected chi connectivity index (χ0v) is 16.2. The van der Waals surface area contributed by atoms with Crippen molar-refractivity contribution in [2.75, 3.05) is 17.6 Å². The summed E-state index contributed by atoms with van der Waals surface area (Å²) >= 11 is 0. The molecule has 0 saturated carbocycles. The van der Waals surface area contributed by atoms with Crippen LogP contribution in [0.15, 0.2) is 60.8 Å². The second kappa shape index (κ2) is 7.75. The fourth-order valence-electron chi connectivity index (χ4n) is 3.40. The molecule has 0 unspecified atom stereocenters. The first-order valence-corrected chi connectivity index (χ1v) is 9.51. The van der Waals surface area contributed by atoms with Crippen molar-refractivity contribution in [3.8, 4) is 11.3 Å². The molecule has 2 aromatic carbocycles. The van der Waals surface area contributed by atoms with Gasteiger partial charge in [0, 0.05) is 30.4 Å². The van der Waals surface area contributed by atoms with Crippen molar-refractivity contribution >= 4 is 23.2 Å². The van der Waals surface area contributed by atoms with Gasteiger partial charge in [-0.05, 0) is 48.7 Å². The Balaban J connectivity index is 0.000000286. The van der Waals surface area contributed by atoms with Crippen molar-refractivity contribution in [1.82, 2.24) is 9.88 Å². The maximum Gasteiger partial charge on any atom is 0.322 e. The third kappa shape index (κ3) is 4.11. The van der Waals surface area contributed by atoms with Gasteiger partial charge in [-0.2, -0.15) is 0 Å². The number of pyridine rings is 1. The molecule has 0 radical (unpaired) electrons. The number of nitrogens with zero attached hydrogens (tertiary/aromatic N) is 2. The van der Waals surface area contributed by atoms with E-state index < -0.39 is 0 Å². The van der Waals surface area contributed by atoms with Gasteiger partial charge in [0.25, 0.3) is 0 Å². The Kier molecular flexibility index (Phi) is 4.99. The molecular weight excluding hydrogens is 364 g/mol.